The van der Waals surface area contributed by atoms with Gasteiger partial charge in [0.05, 0.1) is 18.1 Å². The van der Waals surface area contributed by atoms with Gasteiger partial charge in [-0.3, -0.25) is 0 Å². The van der Waals surface area contributed by atoms with Crippen molar-refractivity contribution in [3.8, 4) is 0 Å². The van der Waals surface area contributed by atoms with Crippen molar-refractivity contribution in [1.29, 1.82) is 0 Å². The topological polar surface area (TPSA) is 119 Å². The molecule has 25 heavy (non-hydrogen) atoms. The summed E-state index contributed by atoms with van der Waals surface area (Å²) in [6.07, 6.45) is -4.10. The second-order valence-electron chi connectivity index (χ2n) is 5.09. The summed E-state index contributed by atoms with van der Waals surface area (Å²) in [7, 11) is -6.15. The van der Waals surface area contributed by atoms with Gasteiger partial charge in [-0.05, 0) is 12.1 Å². The highest BCUT2D eigenvalue weighted by atomic mass is 32.2. The SMILES string of the molecule is O=C(OC[C@H]1O[C@@](O)(OS(=O)(=O)C(F)(F)F)C[C@H]1O)c1ccccc1. The van der Waals surface area contributed by atoms with Crippen molar-refractivity contribution in [1.82, 2.24) is 0 Å². The fourth-order valence-electron chi connectivity index (χ4n) is 1.99. The molecule has 140 valence electrons. The van der Waals surface area contributed by atoms with Crippen LogP contribution in [0.5, 0.6) is 0 Å². The molecule has 1 aromatic rings. The number of carbonyl (C=O) groups excluding carboxylic acids is 1. The first kappa shape index (κ1) is 19.6. The summed E-state index contributed by atoms with van der Waals surface area (Å²) in [4.78, 5) is 11.7. The van der Waals surface area contributed by atoms with Gasteiger partial charge in [0, 0.05) is 0 Å². The molecule has 2 N–H and O–H groups in total. The first-order chi connectivity index (χ1) is 11.4. The molecule has 1 fully saturated rings. The van der Waals surface area contributed by atoms with E-state index in [1.807, 2.05) is 0 Å². The molecule has 0 aromatic heterocycles. The Morgan fingerprint density at radius 1 is 1.32 bits per heavy atom. The molecule has 12 heteroatoms. The lowest BCUT2D eigenvalue weighted by Gasteiger charge is -2.22. The molecule has 0 radical (unpaired) electrons. The molecule has 0 unspecified atom stereocenters. The summed E-state index contributed by atoms with van der Waals surface area (Å²) in [6.45, 7) is -0.646. The Morgan fingerprint density at radius 2 is 1.92 bits per heavy atom. The molecule has 1 saturated heterocycles. The predicted molar refractivity (Wildman–Crippen MR) is 73.2 cm³/mol. The van der Waals surface area contributed by atoms with E-state index in [9.17, 15) is 36.6 Å². The Balaban J connectivity index is 1.98. The number of hydrogen-bond donors (Lipinski definition) is 2. The number of rotatable bonds is 5. The second kappa shape index (κ2) is 6.88. The Labute approximate surface area is 139 Å². The van der Waals surface area contributed by atoms with Gasteiger partial charge in [0.15, 0.2) is 0 Å². The van der Waals surface area contributed by atoms with E-state index in [0.717, 1.165) is 0 Å². The van der Waals surface area contributed by atoms with Crippen molar-refractivity contribution in [2.45, 2.75) is 30.1 Å². The maximum atomic E-state index is 12.3. The van der Waals surface area contributed by atoms with Crippen LogP contribution in [-0.2, 0) is 23.8 Å². The minimum absolute atomic E-state index is 0.168. The first-order valence-corrected chi connectivity index (χ1v) is 8.17. The molecule has 1 aliphatic heterocycles. The van der Waals surface area contributed by atoms with Crippen molar-refractivity contribution >= 4 is 16.1 Å². The number of esters is 1. The van der Waals surface area contributed by atoms with Crippen LogP contribution in [0.3, 0.4) is 0 Å². The third-order valence-electron chi connectivity index (χ3n) is 3.14. The van der Waals surface area contributed by atoms with Crippen molar-refractivity contribution in [2.24, 2.45) is 0 Å². The number of halogens is 3. The number of aliphatic hydroxyl groups excluding tert-OH is 1. The number of hydrogen-bond acceptors (Lipinski definition) is 8. The largest absolute Gasteiger partial charge is 0.523 e. The lowest BCUT2D eigenvalue weighted by molar-refractivity contribution is -0.311. The molecule has 0 spiro atoms. The molecular weight excluding hydrogens is 373 g/mol. The molecule has 8 nitrogen and oxygen atoms in total. The molecule has 0 aliphatic carbocycles. The zero-order chi connectivity index (χ0) is 18.9. The highest BCUT2D eigenvalue weighted by Crippen LogP contribution is 2.35. The van der Waals surface area contributed by atoms with Gasteiger partial charge < -0.3 is 19.7 Å². The smallest absolute Gasteiger partial charge is 0.459 e. The van der Waals surface area contributed by atoms with Crippen molar-refractivity contribution in [3.05, 3.63) is 35.9 Å². The van der Waals surface area contributed by atoms with E-state index >= 15 is 0 Å². The normalized spacial score (nSPS) is 27.2. The predicted octanol–water partition coefficient (Wildman–Crippen LogP) is 0.506. The van der Waals surface area contributed by atoms with E-state index in [2.05, 4.69) is 8.92 Å². The van der Waals surface area contributed by atoms with Crippen molar-refractivity contribution in [3.63, 3.8) is 0 Å². The molecule has 1 aliphatic rings. The van der Waals surface area contributed by atoms with Gasteiger partial charge in [-0.25, -0.2) is 8.98 Å². The minimum Gasteiger partial charge on any atom is -0.459 e. The van der Waals surface area contributed by atoms with Crippen LogP contribution in [0.25, 0.3) is 0 Å². The molecule has 2 rings (SSSR count). The van der Waals surface area contributed by atoms with Crippen LogP contribution in [0.15, 0.2) is 30.3 Å². The zero-order valence-corrected chi connectivity index (χ0v) is 13.2. The average molecular weight is 386 g/mol. The van der Waals surface area contributed by atoms with Gasteiger partial charge in [-0.2, -0.15) is 21.6 Å². The lowest BCUT2D eigenvalue weighted by Crippen LogP contribution is -2.40. The Hall–Kier alpha value is -1.73. The van der Waals surface area contributed by atoms with Gasteiger partial charge in [-0.15, -0.1) is 0 Å². The van der Waals surface area contributed by atoms with Gasteiger partial charge in [0.2, 0.25) is 0 Å². The summed E-state index contributed by atoms with van der Waals surface area (Å²) in [5, 5.41) is 19.4. The zero-order valence-electron chi connectivity index (χ0n) is 12.3. The number of ether oxygens (including phenoxy) is 2. The van der Waals surface area contributed by atoms with E-state index in [1.54, 1.807) is 18.2 Å². The minimum atomic E-state index is -6.15. The van der Waals surface area contributed by atoms with Gasteiger partial charge >= 0.3 is 21.6 Å². The van der Waals surface area contributed by atoms with E-state index < -0.39 is 52.8 Å². The van der Waals surface area contributed by atoms with Gasteiger partial charge in [-0.1, -0.05) is 18.2 Å². The highest BCUT2D eigenvalue weighted by Gasteiger charge is 2.56. The van der Waals surface area contributed by atoms with Crippen molar-refractivity contribution < 1.29 is 50.3 Å². The third-order valence-corrected chi connectivity index (χ3v) is 4.19. The van der Waals surface area contributed by atoms with Crippen LogP contribution >= 0.6 is 0 Å². The Kier molecular flexibility index (Phi) is 5.39. The number of carbonyl (C=O) groups is 1. The number of aliphatic hydroxyl groups is 2. The molecule has 3 atom stereocenters. The molecule has 1 aromatic carbocycles. The van der Waals surface area contributed by atoms with Crippen LogP contribution in [0.4, 0.5) is 13.2 Å². The van der Waals surface area contributed by atoms with Crippen LogP contribution in [0.2, 0.25) is 0 Å². The summed E-state index contributed by atoms with van der Waals surface area (Å²) in [5.41, 5.74) is -5.62. The monoisotopic (exact) mass is 386 g/mol. The van der Waals surface area contributed by atoms with E-state index in [-0.39, 0.29) is 5.56 Å². The first-order valence-electron chi connectivity index (χ1n) is 6.76. The van der Waals surface area contributed by atoms with Gasteiger partial charge in [0.25, 0.3) is 5.97 Å². The van der Waals surface area contributed by atoms with E-state index in [4.69, 9.17) is 4.74 Å². The van der Waals surface area contributed by atoms with Crippen molar-refractivity contribution in [2.75, 3.05) is 6.61 Å². The van der Waals surface area contributed by atoms with Crippen LogP contribution < -0.4 is 0 Å². The highest BCUT2D eigenvalue weighted by molar-refractivity contribution is 7.87. The summed E-state index contributed by atoms with van der Waals surface area (Å²) in [5.74, 6) is -4.03. The third kappa shape index (κ3) is 4.67. The fourth-order valence-corrected chi connectivity index (χ4v) is 2.54. The van der Waals surface area contributed by atoms with E-state index in [0.29, 0.717) is 0 Å². The fraction of sp³-hybridized carbons (Fsp3) is 0.462. The summed E-state index contributed by atoms with van der Waals surface area (Å²) >= 11 is 0. The molecule has 0 saturated carbocycles. The number of alkyl halides is 3. The van der Waals surface area contributed by atoms with E-state index in [1.165, 1.54) is 12.1 Å². The summed E-state index contributed by atoms with van der Waals surface area (Å²) < 4.78 is 71.7. The molecule has 1 heterocycles. The van der Waals surface area contributed by atoms with Gasteiger partial charge in [0.1, 0.15) is 12.7 Å². The average Bonchev–Trinajstić information content (AvgIpc) is 2.77. The second-order valence-corrected chi connectivity index (χ2v) is 6.63. The Bertz CT molecular complexity index is 721. The van der Waals surface area contributed by atoms with Crippen LogP contribution in [-0.4, -0.2) is 54.9 Å². The molecular formula is C13H13F3O8S. The maximum absolute atomic E-state index is 12.3. The molecule has 0 bridgehead atoms. The molecule has 0 amide bonds. The quantitative estimate of drug-likeness (QED) is 0.325. The maximum Gasteiger partial charge on any atom is 0.523 e. The standard InChI is InChI=1S/C13H13F3O8S/c14-13(15,16)25(20,21)24-12(19)6-9(17)10(23-12)7-22-11(18)8-4-2-1-3-5-8/h1-5,9-10,17,19H,6-7H2/t9-,10-,12-/m1/s1. The van der Waals surface area contributed by atoms with Crippen LogP contribution in [0, 0.1) is 0 Å². The Morgan fingerprint density at radius 3 is 2.48 bits per heavy atom. The van der Waals surface area contributed by atoms with Crippen LogP contribution in [0.1, 0.15) is 16.8 Å². The summed E-state index contributed by atoms with van der Waals surface area (Å²) in [6, 6.07) is 7.64. The number of benzene rings is 1. The lowest BCUT2D eigenvalue weighted by atomic mass is 10.2.